The van der Waals surface area contributed by atoms with Crippen LogP contribution in [0.4, 0.5) is 0 Å². The molecule has 1 saturated carbocycles. The minimum absolute atomic E-state index is 0.923. The molecule has 48 valence electrons. The second-order valence-electron chi connectivity index (χ2n) is 2.46. The summed E-state index contributed by atoms with van der Waals surface area (Å²) in [7, 11) is 2.20. The van der Waals surface area contributed by atoms with Gasteiger partial charge in [0.2, 0.25) is 0 Å². The van der Waals surface area contributed by atoms with Crippen molar-refractivity contribution in [2.75, 3.05) is 11.6 Å². The molecule has 0 amide bonds. The zero-order valence-electron chi connectivity index (χ0n) is 5.23. The van der Waals surface area contributed by atoms with Crippen molar-refractivity contribution in [1.82, 2.24) is 4.90 Å². The van der Waals surface area contributed by atoms with Gasteiger partial charge in [-0.3, -0.25) is 4.90 Å². The number of hydrogen-bond donors (Lipinski definition) is 0. The standard InChI is InChI=1S/C6H12IN/c1-8(5-7)6-3-2-4-6/h6H,2-5H2,1H3. The molecule has 0 saturated heterocycles. The third kappa shape index (κ3) is 1.35. The molecule has 0 bridgehead atoms. The normalized spacial score (nSPS) is 21.4. The fraction of sp³-hybridized carbons (Fsp3) is 1.00. The molecule has 0 unspecified atom stereocenters. The first-order chi connectivity index (χ1) is 3.84. The van der Waals surface area contributed by atoms with Gasteiger partial charge in [-0.1, -0.05) is 29.0 Å². The quantitative estimate of drug-likeness (QED) is 0.394. The molecule has 0 atom stereocenters. The molecule has 2 heteroatoms. The Morgan fingerprint density at radius 1 is 1.62 bits per heavy atom. The summed E-state index contributed by atoms with van der Waals surface area (Å²) in [4.78, 5) is 2.42. The van der Waals surface area contributed by atoms with Crippen LogP contribution in [0, 0.1) is 0 Å². The number of alkyl halides is 1. The van der Waals surface area contributed by atoms with Gasteiger partial charge in [-0.05, 0) is 19.9 Å². The largest absolute Gasteiger partial charge is 0.294 e. The van der Waals surface area contributed by atoms with Crippen molar-refractivity contribution in [3.05, 3.63) is 0 Å². The number of hydrogen-bond acceptors (Lipinski definition) is 1. The van der Waals surface area contributed by atoms with Gasteiger partial charge < -0.3 is 0 Å². The van der Waals surface area contributed by atoms with Crippen LogP contribution < -0.4 is 0 Å². The van der Waals surface area contributed by atoms with Gasteiger partial charge in [0.1, 0.15) is 0 Å². The third-order valence-corrected chi connectivity index (χ3v) is 2.96. The zero-order chi connectivity index (χ0) is 5.98. The smallest absolute Gasteiger partial charge is 0.0505 e. The summed E-state index contributed by atoms with van der Waals surface area (Å²) in [5.74, 6) is 0. The van der Waals surface area contributed by atoms with E-state index in [1.165, 1.54) is 23.8 Å². The Balaban J connectivity index is 2.13. The van der Waals surface area contributed by atoms with Gasteiger partial charge in [0, 0.05) is 6.04 Å². The van der Waals surface area contributed by atoms with E-state index in [-0.39, 0.29) is 0 Å². The molecule has 0 radical (unpaired) electrons. The summed E-state index contributed by atoms with van der Waals surface area (Å²) in [6.45, 7) is 0. The van der Waals surface area contributed by atoms with Crippen LogP contribution in [0.3, 0.4) is 0 Å². The van der Waals surface area contributed by atoms with Crippen LogP contribution in [0.2, 0.25) is 0 Å². The van der Waals surface area contributed by atoms with Crippen LogP contribution in [-0.2, 0) is 0 Å². The van der Waals surface area contributed by atoms with E-state index in [1.54, 1.807) is 0 Å². The number of nitrogens with zero attached hydrogens (tertiary/aromatic N) is 1. The first-order valence-corrected chi connectivity index (χ1v) is 4.63. The van der Waals surface area contributed by atoms with E-state index in [1.807, 2.05) is 0 Å². The lowest BCUT2D eigenvalue weighted by Crippen LogP contribution is -2.35. The highest BCUT2D eigenvalue weighted by Crippen LogP contribution is 2.23. The molecule has 0 spiro atoms. The molecular formula is C6H12IN. The van der Waals surface area contributed by atoms with Crippen LogP contribution in [0.5, 0.6) is 0 Å². The van der Waals surface area contributed by atoms with Crippen molar-refractivity contribution < 1.29 is 0 Å². The zero-order valence-corrected chi connectivity index (χ0v) is 7.39. The van der Waals surface area contributed by atoms with Gasteiger partial charge in [-0.2, -0.15) is 0 Å². The van der Waals surface area contributed by atoms with Crippen molar-refractivity contribution in [2.24, 2.45) is 0 Å². The maximum atomic E-state index is 2.42. The highest BCUT2D eigenvalue weighted by atomic mass is 127. The van der Waals surface area contributed by atoms with Gasteiger partial charge in [0.05, 0.1) is 4.55 Å². The number of halogens is 1. The first-order valence-electron chi connectivity index (χ1n) is 3.11. The second kappa shape index (κ2) is 3.01. The Morgan fingerprint density at radius 3 is 2.38 bits per heavy atom. The molecule has 0 aliphatic heterocycles. The van der Waals surface area contributed by atoms with Crippen molar-refractivity contribution >= 4 is 22.6 Å². The summed E-state index contributed by atoms with van der Waals surface area (Å²) in [6.07, 6.45) is 4.31. The van der Waals surface area contributed by atoms with E-state index < -0.39 is 0 Å². The SMILES string of the molecule is CN(CI)C1CCC1. The molecule has 1 fully saturated rings. The third-order valence-electron chi connectivity index (χ3n) is 1.89. The minimum atomic E-state index is 0.923. The van der Waals surface area contributed by atoms with E-state index in [2.05, 4.69) is 34.5 Å². The highest BCUT2D eigenvalue weighted by Gasteiger charge is 2.20. The van der Waals surface area contributed by atoms with Crippen LogP contribution in [0.1, 0.15) is 19.3 Å². The van der Waals surface area contributed by atoms with E-state index in [9.17, 15) is 0 Å². The summed E-state index contributed by atoms with van der Waals surface area (Å²) in [6, 6.07) is 0.923. The average Bonchev–Trinajstić information content (AvgIpc) is 1.62. The lowest BCUT2D eigenvalue weighted by atomic mass is 9.92. The fourth-order valence-corrected chi connectivity index (χ4v) is 1.48. The monoisotopic (exact) mass is 225 g/mol. The lowest BCUT2D eigenvalue weighted by Gasteiger charge is -2.33. The summed E-state index contributed by atoms with van der Waals surface area (Å²) in [5.41, 5.74) is 0. The lowest BCUT2D eigenvalue weighted by molar-refractivity contribution is 0.190. The van der Waals surface area contributed by atoms with Gasteiger partial charge in [0.25, 0.3) is 0 Å². The second-order valence-corrected chi connectivity index (χ2v) is 3.14. The Bertz CT molecular complexity index is 68.2. The summed E-state index contributed by atoms with van der Waals surface area (Å²) < 4.78 is 1.18. The molecule has 8 heavy (non-hydrogen) atoms. The predicted octanol–water partition coefficient (Wildman–Crippen LogP) is 1.86. The molecule has 1 nitrogen and oxygen atoms in total. The van der Waals surface area contributed by atoms with E-state index in [0.29, 0.717) is 0 Å². The minimum Gasteiger partial charge on any atom is -0.294 e. The molecule has 1 aliphatic rings. The molecule has 0 aromatic rings. The molecule has 0 aromatic carbocycles. The molecule has 1 rings (SSSR count). The Hall–Kier alpha value is 0.690. The Kier molecular flexibility index (Phi) is 2.56. The van der Waals surface area contributed by atoms with E-state index in [4.69, 9.17) is 0 Å². The van der Waals surface area contributed by atoms with Crippen LogP contribution in [0.15, 0.2) is 0 Å². The maximum Gasteiger partial charge on any atom is 0.0505 e. The highest BCUT2D eigenvalue weighted by molar-refractivity contribution is 14.1. The molecule has 0 aromatic heterocycles. The van der Waals surface area contributed by atoms with E-state index >= 15 is 0 Å². The van der Waals surface area contributed by atoms with Crippen molar-refractivity contribution in [3.8, 4) is 0 Å². The van der Waals surface area contributed by atoms with Gasteiger partial charge in [0.15, 0.2) is 0 Å². The van der Waals surface area contributed by atoms with Crippen LogP contribution in [0.25, 0.3) is 0 Å². The van der Waals surface area contributed by atoms with Crippen LogP contribution in [-0.4, -0.2) is 22.5 Å². The fourth-order valence-electron chi connectivity index (χ4n) is 0.925. The van der Waals surface area contributed by atoms with Crippen molar-refractivity contribution in [2.45, 2.75) is 25.3 Å². The molecule has 1 aliphatic carbocycles. The Labute approximate surface area is 64.6 Å². The predicted molar refractivity (Wildman–Crippen MR) is 44.3 cm³/mol. The summed E-state index contributed by atoms with van der Waals surface area (Å²) in [5, 5.41) is 0. The van der Waals surface area contributed by atoms with Gasteiger partial charge >= 0.3 is 0 Å². The number of rotatable bonds is 2. The van der Waals surface area contributed by atoms with Crippen molar-refractivity contribution in [3.63, 3.8) is 0 Å². The summed E-state index contributed by atoms with van der Waals surface area (Å²) >= 11 is 2.41. The maximum absolute atomic E-state index is 2.42. The topological polar surface area (TPSA) is 3.24 Å². The van der Waals surface area contributed by atoms with Crippen molar-refractivity contribution in [1.29, 1.82) is 0 Å². The van der Waals surface area contributed by atoms with Gasteiger partial charge in [-0.25, -0.2) is 0 Å². The first kappa shape index (κ1) is 6.81. The molecular weight excluding hydrogens is 213 g/mol. The van der Waals surface area contributed by atoms with Gasteiger partial charge in [-0.15, -0.1) is 0 Å². The van der Waals surface area contributed by atoms with E-state index in [0.717, 1.165) is 6.04 Å². The Morgan fingerprint density at radius 2 is 2.25 bits per heavy atom. The average molecular weight is 225 g/mol. The molecule has 0 heterocycles. The van der Waals surface area contributed by atoms with Crippen LogP contribution >= 0.6 is 22.6 Å². The molecule has 0 N–H and O–H groups in total.